The van der Waals surface area contributed by atoms with E-state index in [1.807, 2.05) is 12.1 Å². The van der Waals surface area contributed by atoms with Gasteiger partial charge in [0, 0.05) is 39.6 Å². The lowest BCUT2D eigenvalue weighted by molar-refractivity contribution is 0.159. The van der Waals surface area contributed by atoms with E-state index in [2.05, 4.69) is 50.0 Å². The van der Waals surface area contributed by atoms with Gasteiger partial charge in [0.25, 0.3) is 0 Å². The van der Waals surface area contributed by atoms with Gasteiger partial charge in [-0.1, -0.05) is 30.3 Å². The molecule has 0 bridgehead atoms. The fraction of sp³-hybridized carbons (Fsp3) is 0.429. The van der Waals surface area contributed by atoms with Crippen LogP contribution in [-0.4, -0.2) is 39.9 Å². The van der Waals surface area contributed by atoms with Crippen molar-refractivity contribution in [3.8, 4) is 0 Å². The minimum absolute atomic E-state index is 0.520. The van der Waals surface area contributed by atoms with Crippen LogP contribution in [-0.2, 0) is 43.7 Å². The van der Waals surface area contributed by atoms with Crippen LogP contribution in [0.5, 0.6) is 0 Å². The molecule has 0 N–H and O–H groups in total. The van der Waals surface area contributed by atoms with Gasteiger partial charge in [0.1, 0.15) is 29.8 Å². The summed E-state index contributed by atoms with van der Waals surface area (Å²) in [6.07, 6.45) is 2.84. The summed E-state index contributed by atoms with van der Waals surface area (Å²) in [5.74, 6) is 4.06. The van der Waals surface area contributed by atoms with Gasteiger partial charge in [-0.3, -0.25) is 4.90 Å². The average molecular weight is 366 g/mol. The molecule has 1 aliphatic rings. The normalized spacial score (nSPS) is 14.9. The Hall–Kier alpha value is -2.44. The van der Waals surface area contributed by atoms with Crippen molar-refractivity contribution in [2.45, 2.75) is 39.0 Å². The van der Waals surface area contributed by atoms with E-state index < -0.39 is 0 Å². The zero-order valence-electron chi connectivity index (χ0n) is 15.8. The maximum absolute atomic E-state index is 5.84. The largest absolute Gasteiger partial charge is 0.462 e. The molecule has 0 fully saturated rings. The van der Waals surface area contributed by atoms with Gasteiger partial charge in [-0.25, -0.2) is 0 Å². The Morgan fingerprint density at radius 3 is 2.67 bits per heavy atom. The van der Waals surface area contributed by atoms with Crippen LogP contribution in [0.3, 0.4) is 0 Å². The lowest BCUT2D eigenvalue weighted by atomic mass is 10.1. The van der Waals surface area contributed by atoms with Crippen LogP contribution < -0.4 is 0 Å². The lowest BCUT2D eigenvalue weighted by Crippen LogP contribution is -2.26. The predicted octanol–water partition coefficient (Wildman–Crippen LogP) is 2.86. The van der Waals surface area contributed by atoms with E-state index in [4.69, 9.17) is 9.15 Å². The van der Waals surface area contributed by atoms with Gasteiger partial charge in [-0.05, 0) is 24.1 Å². The van der Waals surface area contributed by atoms with Gasteiger partial charge in [-0.2, -0.15) is 0 Å². The molecule has 0 atom stereocenters. The molecule has 3 heterocycles. The second-order valence-corrected chi connectivity index (χ2v) is 7.00. The number of hydrogen-bond acceptors (Lipinski definition) is 5. The molecule has 0 saturated heterocycles. The van der Waals surface area contributed by atoms with Crippen molar-refractivity contribution in [3.05, 3.63) is 71.2 Å². The Kier molecular flexibility index (Phi) is 5.65. The SMILES string of the molecule is COCc1ccc(CN2CCc3nnc(CCc4ccccc4)n3CC2)o1. The van der Waals surface area contributed by atoms with Gasteiger partial charge in [0.05, 0.1) is 6.54 Å². The van der Waals surface area contributed by atoms with Crippen LogP contribution in [0.2, 0.25) is 0 Å². The van der Waals surface area contributed by atoms with Crippen LogP contribution in [0.1, 0.15) is 28.7 Å². The number of aromatic nitrogens is 3. The molecule has 0 radical (unpaired) electrons. The zero-order chi connectivity index (χ0) is 18.5. The molecule has 6 heteroatoms. The maximum Gasteiger partial charge on any atom is 0.134 e. The van der Waals surface area contributed by atoms with E-state index in [-0.39, 0.29) is 0 Å². The van der Waals surface area contributed by atoms with Gasteiger partial charge in [0.2, 0.25) is 0 Å². The number of rotatable bonds is 7. The summed E-state index contributed by atoms with van der Waals surface area (Å²) in [5.41, 5.74) is 1.34. The third kappa shape index (κ3) is 4.46. The number of aryl methyl sites for hydroxylation is 2. The lowest BCUT2D eigenvalue weighted by Gasteiger charge is -2.18. The van der Waals surface area contributed by atoms with Gasteiger partial charge >= 0.3 is 0 Å². The number of nitrogens with zero attached hydrogens (tertiary/aromatic N) is 4. The summed E-state index contributed by atoms with van der Waals surface area (Å²) in [4.78, 5) is 2.42. The van der Waals surface area contributed by atoms with Crippen LogP contribution in [0.15, 0.2) is 46.9 Å². The van der Waals surface area contributed by atoms with E-state index in [1.165, 1.54) is 5.56 Å². The van der Waals surface area contributed by atoms with Crippen molar-refractivity contribution in [1.82, 2.24) is 19.7 Å². The predicted molar refractivity (Wildman–Crippen MR) is 102 cm³/mol. The van der Waals surface area contributed by atoms with Crippen LogP contribution >= 0.6 is 0 Å². The summed E-state index contributed by atoms with van der Waals surface area (Å²) < 4.78 is 13.3. The van der Waals surface area contributed by atoms with E-state index in [1.54, 1.807) is 7.11 Å². The van der Waals surface area contributed by atoms with Crippen molar-refractivity contribution in [2.24, 2.45) is 0 Å². The van der Waals surface area contributed by atoms with Gasteiger partial charge in [-0.15, -0.1) is 10.2 Å². The highest BCUT2D eigenvalue weighted by Gasteiger charge is 2.19. The molecule has 2 aromatic heterocycles. The maximum atomic E-state index is 5.84. The third-order valence-electron chi connectivity index (χ3n) is 5.06. The Morgan fingerprint density at radius 2 is 1.81 bits per heavy atom. The second-order valence-electron chi connectivity index (χ2n) is 7.00. The summed E-state index contributed by atoms with van der Waals surface area (Å²) in [7, 11) is 1.68. The highest BCUT2D eigenvalue weighted by molar-refractivity contribution is 5.16. The molecule has 0 amide bonds. The average Bonchev–Trinajstić information content (AvgIpc) is 3.24. The molecule has 1 aromatic carbocycles. The highest BCUT2D eigenvalue weighted by atomic mass is 16.5. The molecular weight excluding hydrogens is 340 g/mol. The molecule has 27 heavy (non-hydrogen) atoms. The van der Waals surface area contributed by atoms with Crippen molar-refractivity contribution in [2.75, 3.05) is 20.2 Å². The summed E-state index contributed by atoms with van der Waals surface area (Å²) >= 11 is 0. The molecule has 0 spiro atoms. The van der Waals surface area contributed by atoms with Crippen molar-refractivity contribution in [1.29, 1.82) is 0 Å². The molecule has 3 aromatic rings. The zero-order valence-corrected chi connectivity index (χ0v) is 15.8. The Labute approximate surface area is 159 Å². The van der Waals surface area contributed by atoms with E-state index >= 15 is 0 Å². The first kappa shape index (κ1) is 17.9. The van der Waals surface area contributed by atoms with E-state index in [9.17, 15) is 0 Å². The highest BCUT2D eigenvalue weighted by Crippen LogP contribution is 2.16. The van der Waals surface area contributed by atoms with Crippen molar-refractivity contribution >= 4 is 0 Å². The fourth-order valence-corrected chi connectivity index (χ4v) is 3.62. The summed E-state index contributed by atoms with van der Waals surface area (Å²) in [6.45, 7) is 4.21. The van der Waals surface area contributed by atoms with Gasteiger partial charge < -0.3 is 13.7 Å². The fourth-order valence-electron chi connectivity index (χ4n) is 3.62. The Balaban J connectivity index is 1.36. The second kappa shape index (κ2) is 8.50. The number of benzene rings is 1. The van der Waals surface area contributed by atoms with Crippen molar-refractivity contribution < 1.29 is 9.15 Å². The molecule has 0 unspecified atom stereocenters. The number of hydrogen-bond donors (Lipinski definition) is 0. The number of ether oxygens (including phenoxy) is 1. The molecule has 4 rings (SSSR count). The van der Waals surface area contributed by atoms with Crippen molar-refractivity contribution in [3.63, 3.8) is 0 Å². The topological polar surface area (TPSA) is 56.3 Å². The monoisotopic (exact) mass is 366 g/mol. The van der Waals surface area contributed by atoms with Gasteiger partial charge in [0.15, 0.2) is 0 Å². The minimum atomic E-state index is 0.520. The first-order valence-electron chi connectivity index (χ1n) is 9.55. The molecule has 142 valence electrons. The number of furan rings is 1. The van der Waals surface area contributed by atoms with Crippen LogP contribution in [0.4, 0.5) is 0 Å². The Bertz CT molecular complexity index is 856. The molecule has 1 aliphatic heterocycles. The Morgan fingerprint density at radius 1 is 0.963 bits per heavy atom. The van der Waals surface area contributed by atoms with Crippen LogP contribution in [0, 0.1) is 0 Å². The molecule has 0 saturated carbocycles. The quantitative estimate of drug-likeness (QED) is 0.644. The molecule has 6 nitrogen and oxygen atoms in total. The van der Waals surface area contributed by atoms with Crippen LogP contribution in [0.25, 0.3) is 0 Å². The van der Waals surface area contributed by atoms with E-state index in [0.29, 0.717) is 6.61 Å². The number of fused-ring (bicyclic) bond motifs is 1. The number of methoxy groups -OCH3 is 1. The first-order chi connectivity index (χ1) is 13.3. The summed E-state index contributed by atoms with van der Waals surface area (Å²) in [6, 6.07) is 14.6. The first-order valence-corrected chi connectivity index (χ1v) is 9.55. The molecule has 0 aliphatic carbocycles. The smallest absolute Gasteiger partial charge is 0.134 e. The van der Waals surface area contributed by atoms with E-state index in [0.717, 1.165) is 68.6 Å². The summed E-state index contributed by atoms with van der Waals surface area (Å²) in [5, 5.41) is 8.89. The third-order valence-corrected chi connectivity index (χ3v) is 5.06. The standard InChI is InChI=1S/C21H26N4O2/c1-26-16-19-9-8-18(27-19)15-24-12-11-21-23-22-20(25(21)14-13-24)10-7-17-5-3-2-4-6-17/h2-6,8-9H,7,10-16H2,1H3. The minimum Gasteiger partial charge on any atom is -0.462 e. The molecular formula is C21H26N4O2.